The number of hydrogen-bond donors (Lipinski definition) is 0. The number of carbonyl (C=O) groups excluding carboxylic acids is 1. The number of piperidine rings is 2. The second-order valence-electron chi connectivity index (χ2n) is 7.91. The highest BCUT2D eigenvalue weighted by molar-refractivity contribution is 5.94. The zero-order chi connectivity index (χ0) is 19.9. The Morgan fingerprint density at radius 3 is 2.48 bits per heavy atom. The van der Waals surface area contributed by atoms with Crippen LogP contribution >= 0.6 is 0 Å². The molecule has 0 saturated carbocycles. The Bertz CT molecular complexity index is 784. The molecule has 2 aliphatic heterocycles. The topological polar surface area (TPSA) is 45.9 Å². The van der Waals surface area contributed by atoms with Crippen molar-refractivity contribution in [3.63, 3.8) is 0 Å². The maximum absolute atomic E-state index is 12.6. The monoisotopic (exact) mass is 394 g/mol. The van der Waals surface area contributed by atoms with E-state index in [1.54, 1.807) is 6.26 Å². The minimum atomic E-state index is 0.146. The van der Waals surface area contributed by atoms with Crippen molar-refractivity contribution in [3.05, 3.63) is 60.1 Å². The van der Waals surface area contributed by atoms with Gasteiger partial charge in [0.15, 0.2) is 0 Å². The number of benzene rings is 1. The minimum absolute atomic E-state index is 0.146. The number of hydrogen-bond acceptors (Lipinski definition) is 4. The molecule has 2 fully saturated rings. The van der Waals surface area contributed by atoms with Gasteiger partial charge in [-0.05, 0) is 74.6 Å². The number of carbonyl (C=O) groups is 1. The van der Waals surface area contributed by atoms with Crippen LogP contribution in [0.3, 0.4) is 0 Å². The lowest BCUT2D eigenvalue weighted by Gasteiger charge is -2.31. The fourth-order valence-corrected chi connectivity index (χ4v) is 4.06. The molecule has 0 aliphatic carbocycles. The fraction of sp³-hybridized carbons (Fsp3) is 0.458. The molecule has 1 amide bonds. The Balaban J connectivity index is 1.21. The van der Waals surface area contributed by atoms with Crippen molar-refractivity contribution in [1.29, 1.82) is 0 Å². The zero-order valence-corrected chi connectivity index (χ0v) is 17.0. The number of likely N-dealkylation sites (tertiary alicyclic amines) is 2. The van der Waals surface area contributed by atoms with Gasteiger partial charge in [-0.25, -0.2) is 0 Å². The number of furan rings is 1. The summed E-state index contributed by atoms with van der Waals surface area (Å²) in [5, 5.41) is 0. The molecular weight excluding hydrogens is 364 g/mol. The van der Waals surface area contributed by atoms with Gasteiger partial charge in [-0.2, -0.15) is 0 Å². The molecule has 0 spiro atoms. The highest BCUT2D eigenvalue weighted by Gasteiger charge is 2.21. The van der Waals surface area contributed by atoms with Crippen LogP contribution in [0.5, 0.6) is 5.75 Å². The average Bonchev–Trinajstić information content (AvgIpc) is 3.29. The molecule has 4 rings (SSSR count). The van der Waals surface area contributed by atoms with Crippen molar-refractivity contribution in [3.8, 4) is 5.75 Å². The van der Waals surface area contributed by atoms with E-state index < -0.39 is 0 Å². The van der Waals surface area contributed by atoms with Crippen molar-refractivity contribution < 1.29 is 13.9 Å². The zero-order valence-electron chi connectivity index (χ0n) is 17.0. The Labute approximate surface area is 172 Å². The Hall–Kier alpha value is -2.53. The van der Waals surface area contributed by atoms with Crippen LogP contribution in [-0.4, -0.2) is 54.5 Å². The summed E-state index contributed by atoms with van der Waals surface area (Å²) in [4.78, 5) is 17.0. The van der Waals surface area contributed by atoms with Crippen molar-refractivity contribution in [1.82, 2.24) is 9.80 Å². The van der Waals surface area contributed by atoms with Gasteiger partial charge < -0.3 is 14.1 Å². The van der Waals surface area contributed by atoms with Crippen LogP contribution in [0.1, 0.15) is 48.2 Å². The molecule has 1 aromatic carbocycles. The predicted molar refractivity (Wildman–Crippen MR) is 114 cm³/mol. The summed E-state index contributed by atoms with van der Waals surface area (Å²) in [6.07, 6.45) is 11.6. The van der Waals surface area contributed by atoms with Gasteiger partial charge in [-0.3, -0.25) is 9.69 Å². The van der Waals surface area contributed by atoms with Gasteiger partial charge in [-0.15, -0.1) is 0 Å². The first-order valence-corrected chi connectivity index (χ1v) is 10.8. The summed E-state index contributed by atoms with van der Waals surface area (Å²) in [5.41, 5.74) is 0.761. The van der Waals surface area contributed by atoms with E-state index in [0.717, 1.165) is 75.5 Å². The molecule has 3 heterocycles. The smallest absolute Gasteiger partial charge is 0.253 e. The number of ether oxygens (including phenoxy) is 1. The minimum Gasteiger partial charge on any atom is -0.490 e. The summed E-state index contributed by atoms with van der Waals surface area (Å²) in [6, 6.07) is 11.5. The molecule has 0 bridgehead atoms. The molecule has 2 aliphatic rings. The van der Waals surface area contributed by atoms with E-state index in [1.807, 2.05) is 47.4 Å². The van der Waals surface area contributed by atoms with Gasteiger partial charge in [0.1, 0.15) is 17.6 Å². The fourth-order valence-electron chi connectivity index (χ4n) is 4.06. The van der Waals surface area contributed by atoms with Gasteiger partial charge >= 0.3 is 0 Å². The van der Waals surface area contributed by atoms with E-state index >= 15 is 0 Å². The van der Waals surface area contributed by atoms with E-state index in [4.69, 9.17) is 9.15 Å². The van der Waals surface area contributed by atoms with Crippen LogP contribution in [0, 0.1) is 0 Å². The highest BCUT2D eigenvalue weighted by Crippen LogP contribution is 2.21. The van der Waals surface area contributed by atoms with Crippen molar-refractivity contribution in [2.45, 2.75) is 38.2 Å². The van der Waals surface area contributed by atoms with Crippen LogP contribution in [0.15, 0.2) is 53.2 Å². The van der Waals surface area contributed by atoms with Gasteiger partial charge in [0, 0.05) is 38.3 Å². The van der Waals surface area contributed by atoms with Crippen molar-refractivity contribution >= 4 is 12.0 Å². The average molecular weight is 395 g/mol. The molecule has 0 unspecified atom stereocenters. The molecule has 0 N–H and O–H groups in total. The van der Waals surface area contributed by atoms with Crippen LogP contribution in [-0.2, 0) is 0 Å². The van der Waals surface area contributed by atoms with Crippen LogP contribution < -0.4 is 4.74 Å². The first-order chi connectivity index (χ1) is 14.3. The first kappa shape index (κ1) is 19.8. The largest absolute Gasteiger partial charge is 0.490 e. The molecule has 0 atom stereocenters. The molecule has 1 aromatic heterocycles. The van der Waals surface area contributed by atoms with Gasteiger partial charge in [0.05, 0.1) is 6.26 Å². The van der Waals surface area contributed by atoms with Gasteiger partial charge in [0.25, 0.3) is 5.91 Å². The lowest BCUT2D eigenvalue weighted by atomic mass is 10.1. The highest BCUT2D eigenvalue weighted by atomic mass is 16.5. The van der Waals surface area contributed by atoms with E-state index in [0.29, 0.717) is 0 Å². The molecule has 5 heteroatoms. The lowest BCUT2D eigenvalue weighted by molar-refractivity contribution is 0.0724. The maximum atomic E-state index is 12.6. The Morgan fingerprint density at radius 2 is 1.79 bits per heavy atom. The van der Waals surface area contributed by atoms with Gasteiger partial charge in [-0.1, -0.05) is 6.08 Å². The van der Waals surface area contributed by atoms with E-state index in [-0.39, 0.29) is 12.0 Å². The van der Waals surface area contributed by atoms with Crippen molar-refractivity contribution in [2.75, 3.05) is 32.7 Å². The molecular formula is C24H30N2O3. The second-order valence-corrected chi connectivity index (χ2v) is 7.91. The van der Waals surface area contributed by atoms with Gasteiger partial charge in [0.2, 0.25) is 0 Å². The summed E-state index contributed by atoms with van der Waals surface area (Å²) in [5.74, 6) is 1.90. The van der Waals surface area contributed by atoms with Crippen LogP contribution in [0.25, 0.3) is 6.08 Å². The summed E-state index contributed by atoms with van der Waals surface area (Å²) in [6.45, 7) is 4.75. The Morgan fingerprint density at radius 1 is 1.03 bits per heavy atom. The molecule has 0 radical (unpaired) electrons. The maximum Gasteiger partial charge on any atom is 0.253 e. The third-order valence-electron chi connectivity index (χ3n) is 5.77. The second kappa shape index (κ2) is 9.79. The summed E-state index contributed by atoms with van der Waals surface area (Å²) < 4.78 is 11.5. The number of nitrogens with zero attached hydrogens (tertiary/aromatic N) is 2. The summed E-state index contributed by atoms with van der Waals surface area (Å²) in [7, 11) is 0. The van der Waals surface area contributed by atoms with E-state index in [2.05, 4.69) is 11.0 Å². The third kappa shape index (κ3) is 5.51. The standard InChI is InChI=1S/C24H30N2O3/c27-24(26-15-2-1-3-16-26)20-8-10-22(11-9-20)29-23-12-17-25(18-13-23)14-4-6-21-7-5-19-28-21/h4-11,19,23H,1-3,12-18H2/b6-4+. The van der Waals surface area contributed by atoms with Crippen molar-refractivity contribution in [2.24, 2.45) is 0 Å². The Kier molecular flexibility index (Phi) is 6.67. The molecule has 5 nitrogen and oxygen atoms in total. The molecule has 29 heavy (non-hydrogen) atoms. The first-order valence-electron chi connectivity index (χ1n) is 10.8. The van der Waals surface area contributed by atoms with Crippen LogP contribution in [0.4, 0.5) is 0 Å². The molecule has 154 valence electrons. The SMILES string of the molecule is O=C(c1ccc(OC2CCN(C/C=C/c3ccco3)CC2)cc1)N1CCCCC1. The molecule has 2 saturated heterocycles. The molecule has 2 aromatic rings. The quantitative estimate of drug-likeness (QED) is 0.726. The number of amides is 1. The normalized spacial score (nSPS) is 19.0. The van der Waals surface area contributed by atoms with E-state index in [1.165, 1.54) is 6.42 Å². The van der Waals surface area contributed by atoms with Crippen LogP contribution in [0.2, 0.25) is 0 Å². The number of rotatable bonds is 6. The predicted octanol–water partition coefficient (Wildman–Crippen LogP) is 4.46. The summed E-state index contributed by atoms with van der Waals surface area (Å²) >= 11 is 0. The van der Waals surface area contributed by atoms with E-state index in [9.17, 15) is 4.79 Å². The third-order valence-corrected chi connectivity index (χ3v) is 5.77. The lowest BCUT2D eigenvalue weighted by Crippen LogP contribution is -2.38.